The highest BCUT2D eigenvalue weighted by molar-refractivity contribution is 6.32. The van der Waals surface area contributed by atoms with Crippen molar-refractivity contribution in [3.05, 3.63) is 35.2 Å². The first kappa shape index (κ1) is 17.8. The van der Waals surface area contributed by atoms with E-state index < -0.39 is 5.91 Å². The SMILES string of the molecule is COc1cc(NC(=O)c2cc(NC(C)C)ncn2)c(OC)cc1Cl. The molecule has 0 bridgehead atoms. The number of ether oxygens (including phenoxy) is 2. The quantitative estimate of drug-likeness (QED) is 0.832. The van der Waals surface area contributed by atoms with Gasteiger partial charge in [-0.2, -0.15) is 0 Å². The van der Waals surface area contributed by atoms with E-state index in [1.807, 2.05) is 13.8 Å². The van der Waals surface area contributed by atoms with Gasteiger partial charge in [-0.05, 0) is 13.8 Å². The lowest BCUT2D eigenvalue weighted by Crippen LogP contribution is -2.17. The summed E-state index contributed by atoms with van der Waals surface area (Å²) < 4.78 is 10.4. The number of carbonyl (C=O) groups excluding carboxylic acids is 1. The number of carbonyl (C=O) groups is 1. The van der Waals surface area contributed by atoms with E-state index in [1.165, 1.54) is 20.5 Å². The average molecular weight is 351 g/mol. The Kier molecular flexibility index (Phi) is 5.81. The van der Waals surface area contributed by atoms with Crippen molar-refractivity contribution >= 4 is 29.0 Å². The molecule has 0 aliphatic carbocycles. The molecule has 0 aliphatic heterocycles. The van der Waals surface area contributed by atoms with E-state index in [4.69, 9.17) is 21.1 Å². The molecule has 0 spiro atoms. The van der Waals surface area contributed by atoms with E-state index in [0.717, 1.165) is 0 Å². The zero-order chi connectivity index (χ0) is 17.7. The van der Waals surface area contributed by atoms with Crippen LogP contribution in [0.3, 0.4) is 0 Å². The highest BCUT2D eigenvalue weighted by atomic mass is 35.5. The van der Waals surface area contributed by atoms with Crippen LogP contribution in [0.25, 0.3) is 0 Å². The maximum atomic E-state index is 12.4. The summed E-state index contributed by atoms with van der Waals surface area (Å²) in [6.45, 7) is 3.96. The van der Waals surface area contributed by atoms with E-state index in [0.29, 0.717) is 28.0 Å². The summed E-state index contributed by atoms with van der Waals surface area (Å²) >= 11 is 6.06. The molecule has 1 aromatic carbocycles. The highest BCUT2D eigenvalue weighted by Gasteiger charge is 2.15. The summed E-state index contributed by atoms with van der Waals surface area (Å²) in [4.78, 5) is 20.5. The lowest BCUT2D eigenvalue weighted by Gasteiger charge is -2.13. The normalized spacial score (nSPS) is 10.4. The molecule has 0 atom stereocenters. The number of nitrogens with zero attached hydrogens (tertiary/aromatic N) is 2. The van der Waals surface area contributed by atoms with Gasteiger partial charge in [0.05, 0.1) is 24.9 Å². The van der Waals surface area contributed by atoms with Crippen molar-refractivity contribution in [2.75, 3.05) is 24.9 Å². The number of methoxy groups -OCH3 is 2. The van der Waals surface area contributed by atoms with Crippen molar-refractivity contribution < 1.29 is 14.3 Å². The number of nitrogens with one attached hydrogen (secondary N) is 2. The van der Waals surface area contributed by atoms with Crippen molar-refractivity contribution in [2.45, 2.75) is 19.9 Å². The molecule has 2 rings (SSSR count). The first-order chi connectivity index (χ1) is 11.4. The average Bonchev–Trinajstić information content (AvgIpc) is 2.55. The standard InChI is InChI=1S/C16H19ClN4O3/c1-9(2)20-15-7-12(18-8-19-15)16(22)21-11-6-13(23-3)10(17)5-14(11)24-4/h5-9H,1-4H3,(H,21,22)(H,18,19,20). The van der Waals surface area contributed by atoms with Crippen LogP contribution in [0.5, 0.6) is 11.5 Å². The van der Waals surface area contributed by atoms with Crippen molar-refractivity contribution in [1.82, 2.24) is 9.97 Å². The molecular formula is C16H19ClN4O3. The van der Waals surface area contributed by atoms with Gasteiger partial charge in [0, 0.05) is 24.2 Å². The van der Waals surface area contributed by atoms with Gasteiger partial charge < -0.3 is 20.1 Å². The second kappa shape index (κ2) is 7.83. The summed E-state index contributed by atoms with van der Waals surface area (Å²) in [6, 6.07) is 4.93. The number of halogens is 1. The highest BCUT2D eigenvalue weighted by Crippen LogP contribution is 2.36. The van der Waals surface area contributed by atoms with Gasteiger partial charge in [0.2, 0.25) is 0 Å². The number of aromatic nitrogens is 2. The molecule has 2 N–H and O–H groups in total. The lowest BCUT2D eigenvalue weighted by molar-refractivity contribution is 0.102. The zero-order valence-corrected chi connectivity index (χ0v) is 14.6. The van der Waals surface area contributed by atoms with E-state index in [1.54, 1.807) is 18.2 Å². The molecule has 1 aromatic heterocycles. The Balaban J connectivity index is 2.26. The van der Waals surface area contributed by atoms with Crippen LogP contribution in [0.15, 0.2) is 24.5 Å². The fourth-order valence-electron chi connectivity index (χ4n) is 2.00. The predicted octanol–water partition coefficient (Wildman–Crippen LogP) is 3.22. The molecule has 0 saturated heterocycles. The second-order valence-electron chi connectivity index (χ2n) is 5.23. The summed E-state index contributed by atoms with van der Waals surface area (Å²) in [6.07, 6.45) is 1.33. The molecule has 7 nitrogen and oxygen atoms in total. The summed E-state index contributed by atoms with van der Waals surface area (Å²) in [5, 5.41) is 6.25. The number of hydrogen-bond donors (Lipinski definition) is 2. The van der Waals surface area contributed by atoms with Gasteiger partial charge in [-0.3, -0.25) is 4.79 Å². The van der Waals surface area contributed by atoms with Gasteiger partial charge >= 0.3 is 0 Å². The van der Waals surface area contributed by atoms with Crippen molar-refractivity contribution in [1.29, 1.82) is 0 Å². The second-order valence-corrected chi connectivity index (χ2v) is 5.64. The van der Waals surface area contributed by atoms with E-state index in [9.17, 15) is 4.79 Å². The number of anilines is 2. The van der Waals surface area contributed by atoms with Crippen LogP contribution in [-0.4, -0.2) is 36.1 Å². The Bertz CT molecular complexity index is 737. The summed E-state index contributed by atoms with van der Waals surface area (Å²) in [5.41, 5.74) is 0.657. The first-order valence-electron chi connectivity index (χ1n) is 7.26. The molecule has 1 amide bonds. The molecule has 2 aromatic rings. The van der Waals surface area contributed by atoms with Crippen LogP contribution in [0.2, 0.25) is 5.02 Å². The Labute approximate surface area is 145 Å². The Hall–Kier alpha value is -2.54. The van der Waals surface area contributed by atoms with Crippen molar-refractivity contribution in [3.63, 3.8) is 0 Å². The first-order valence-corrected chi connectivity index (χ1v) is 7.63. The Morgan fingerprint density at radius 2 is 1.83 bits per heavy atom. The van der Waals surface area contributed by atoms with E-state index >= 15 is 0 Å². The van der Waals surface area contributed by atoms with Gasteiger partial charge in [0.25, 0.3) is 5.91 Å². The smallest absolute Gasteiger partial charge is 0.274 e. The molecule has 128 valence electrons. The van der Waals surface area contributed by atoms with Crippen LogP contribution in [0, 0.1) is 0 Å². The minimum Gasteiger partial charge on any atom is -0.495 e. The predicted molar refractivity (Wildman–Crippen MR) is 93.3 cm³/mol. The molecular weight excluding hydrogens is 332 g/mol. The molecule has 1 heterocycles. The van der Waals surface area contributed by atoms with Crippen LogP contribution >= 0.6 is 11.6 Å². The molecule has 0 fully saturated rings. The topological polar surface area (TPSA) is 85.4 Å². The fourth-order valence-corrected chi connectivity index (χ4v) is 2.23. The third-order valence-corrected chi connectivity index (χ3v) is 3.35. The minimum atomic E-state index is -0.396. The molecule has 24 heavy (non-hydrogen) atoms. The molecule has 0 unspecified atom stereocenters. The van der Waals surface area contributed by atoms with E-state index in [2.05, 4.69) is 20.6 Å². The Morgan fingerprint density at radius 1 is 1.12 bits per heavy atom. The van der Waals surface area contributed by atoms with Gasteiger partial charge in [-0.25, -0.2) is 9.97 Å². The van der Waals surface area contributed by atoms with Gasteiger partial charge in [0.15, 0.2) is 0 Å². The maximum Gasteiger partial charge on any atom is 0.274 e. The lowest BCUT2D eigenvalue weighted by atomic mass is 10.2. The van der Waals surface area contributed by atoms with Crippen LogP contribution in [0.4, 0.5) is 11.5 Å². The largest absolute Gasteiger partial charge is 0.495 e. The third kappa shape index (κ3) is 4.26. The third-order valence-electron chi connectivity index (χ3n) is 3.06. The molecule has 0 saturated carbocycles. The number of amides is 1. The fraction of sp³-hybridized carbons (Fsp3) is 0.312. The monoisotopic (exact) mass is 350 g/mol. The minimum absolute atomic E-state index is 0.191. The van der Waals surface area contributed by atoms with Crippen LogP contribution < -0.4 is 20.1 Å². The number of hydrogen-bond acceptors (Lipinski definition) is 6. The zero-order valence-electron chi connectivity index (χ0n) is 13.9. The van der Waals surface area contributed by atoms with Gasteiger partial charge in [-0.1, -0.05) is 11.6 Å². The number of benzene rings is 1. The maximum absolute atomic E-state index is 12.4. The molecule has 8 heteroatoms. The molecule has 0 radical (unpaired) electrons. The van der Waals surface area contributed by atoms with Crippen LogP contribution in [0.1, 0.15) is 24.3 Å². The summed E-state index contributed by atoms with van der Waals surface area (Å²) in [7, 11) is 2.98. The van der Waals surface area contributed by atoms with Crippen LogP contribution in [-0.2, 0) is 0 Å². The number of rotatable bonds is 6. The van der Waals surface area contributed by atoms with Gasteiger partial charge in [-0.15, -0.1) is 0 Å². The van der Waals surface area contributed by atoms with Gasteiger partial charge in [0.1, 0.15) is 29.3 Å². The summed E-state index contributed by atoms with van der Waals surface area (Å²) in [5.74, 6) is 1.03. The molecule has 0 aliphatic rings. The van der Waals surface area contributed by atoms with Crippen molar-refractivity contribution in [2.24, 2.45) is 0 Å². The van der Waals surface area contributed by atoms with Crippen molar-refractivity contribution in [3.8, 4) is 11.5 Å². The van der Waals surface area contributed by atoms with E-state index in [-0.39, 0.29) is 11.7 Å². The Morgan fingerprint density at radius 3 is 2.46 bits per heavy atom.